The zero-order valence-electron chi connectivity index (χ0n) is 23.6. The fourth-order valence-corrected chi connectivity index (χ4v) is 7.46. The molecule has 3 aliphatic rings. The minimum absolute atomic E-state index is 0.00938. The van der Waals surface area contributed by atoms with E-state index in [0.29, 0.717) is 25.8 Å². The van der Waals surface area contributed by atoms with Gasteiger partial charge in [-0.3, -0.25) is 14.9 Å². The molecule has 0 aromatic carbocycles. The van der Waals surface area contributed by atoms with E-state index >= 15 is 0 Å². The van der Waals surface area contributed by atoms with Crippen LogP contribution in [-0.4, -0.2) is 95.9 Å². The number of ether oxygens (including phenoxy) is 3. The van der Waals surface area contributed by atoms with E-state index in [9.17, 15) is 19.8 Å². The predicted molar refractivity (Wildman–Crippen MR) is 135 cm³/mol. The van der Waals surface area contributed by atoms with E-state index in [1.807, 2.05) is 27.9 Å². The summed E-state index contributed by atoms with van der Waals surface area (Å²) in [5.41, 5.74) is -6.30. The summed E-state index contributed by atoms with van der Waals surface area (Å²) in [6.07, 6.45) is -1.11. The number of esters is 1. The summed E-state index contributed by atoms with van der Waals surface area (Å²) in [5, 5.41) is 27.4. The average molecular weight is 513 g/mol. The van der Waals surface area contributed by atoms with Gasteiger partial charge in [0.05, 0.1) is 18.4 Å². The Hall–Kier alpha value is -1.10. The summed E-state index contributed by atoms with van der Waals surface area (Å²) < 4.78 is 19.1. The van der Waals surface area contributed by atoms with Crippen molar-refractivity contribution in [3.8, 4) is 0 Å². The maximum atomic E-state index is 14.0. The van der Waals surface area contributed by atoms with Crippen molar-refractivity contribution < 1.29 is 34.0 Å². The third-order valence-corrected chi connectivity index (χ3v) is 9.46. The lowest BCUT2D eigenvalue weighted by atomic mass is 9.39. The lowest BCUT2D eigenvalue weighted by Crippen LogP contribution is -2.87. The van der Waals surface area contributed by atoms with Gasteiger partial charge in [0.25, 0.3) is 0 Å². The Morgan fingerprint density at radius 3 is 2.42 bits per heavy atom. The highest BCUT2D eigenvalue weighted by molar-refractivity contribution is 5.92. The van der Waals surface area contributed by atoms with E-state index in [2.05, 4.69) is 24.1 Å². The van der Waals surface area contributed by atoms with E-state index in [4.69, 9.17) is 14.2 Å². The van der Waals surface area contributed by atoms with Gasteiger partial charge >= 0.3 is 5.97 Å². The Balaban J connectivity index is 2.18. The first-order valence-corrected chi connectivity index (χ1v) is 13.3. The van der Waals surface area contributed by atoms with Crippen LogP contribution in [-0.2, 0) is 23.8 Å². The smallest absolute Gasteiger partial charge is 0.303 e. The number of hydrogen-bond donors (Lipinski definition) is 3. The Labute approximate surface area is 216 Å². The molecule has 36 heavy (non-hydrogen) atoms. The third-order valence-electron chi connectivity index (χ3n) is 9.46. The van der Waals surface area contributed by atoms with E-state index in [-0.39, 0.29) is 18.9 Å². The topological polar surface area (TPSA) is 118 Å². The van der Waals surface area contributed by atoms with Crippen molar-refractivity contribution in [3.05, 3.63) is 0 Å². The maximum absolute atomic E-state index is 14.0. The summed E-state index contributed by atoms with van der Waals surface area (Å²) in [4.78, 5) is 28.5. The minimum atomic E-state index is -2.09. The molecule has 8 atom stereocenters. The van der Waals surface area contributed by atoms with Crippen LogP contribution in [0, 0.1) is 16.7 Å². The highest BCUT2D eigenvalue weighted by Gasteiger charge is 2.81. The van der Waals surface area contributed by atoms with Crippen molar-refractivity contribution in [2.24, 2.45) is 16.7 Å². The number of aliphatic hydroxyl groups is 2. The first-order chi connectivity index (χ1) is 16.5. The van der Waals surface area contributed by atoms with Gasteiger partial charge in [0, 0.05) is 37.8 Å². The molecule has 3 rings (SSSR count). The van der Waals surface area contributed by atoms with Crippen LogP contribution in [0.1, 0.15) is 74.1 Å². The summed E-state index contributed by atoms with van der Waals surface area (Å²) in [6, 6.07) is 0. The van der Waals surface area contributed by atoms with Crippen LogP contribution >= 0.6 is 0 Å². The number of rotatable bonds is 8. The second-order valence-corrected chi connectivity index (χ2v) is 12.7. The van der Waals surface area contributed by atoms with Gasteiger partial charge in [-0.1, -0.05) is 27.7 Å². The molecule has 0 amide bonds. The van der Waals surface area contributed by atoms with Gasteiger partial charge in [-0.25, -0.2) is 0 Å². The van der Waals surface area contributed by atoms with Gasteiger partial charge < -0.3 is 29.3 Å². The lowest BCUT2D eigenvalue weighted by molar-refractivity contribution is -0.379. The summed E-state index contributed by atoms with van der Waals surface area (Å²) in [6.45, 7) is 14.3. The van der Waals surface area contributed by atoms with Crippen molar-refractivity contribution in [3.63, 3.8) is 0 Å². The molecule has 1 heterocycles. The van der Waals surface area contributed by atoms with Crippen LogP contribution in [0.5, 0.6) is 0 Å². The monoisotopic (exact) mass is 512 g/mol. The van der Waals surface area contributed by atoms with Gasteiger partial charge in [0.1, 0.15) is 11.7 Å². The predicted octanol–water partition coefficient (Wildman–Crippen LogP) is 1.88. The second-order valence-electron chi connectivity index (χ2n) is 12.7. The molecule has 2 aliphatic carbocycles. The lowest BCUT2D eigenvalue weighted by Gasteiger charge is -2.71. The quantitative estimate of drug-likeness (QED) is 0.254. The number of Topliss-reactive ketones (excluding diaryl/α,β-unsaturated/α-hetero) is 1. The van der Waals surface area contributed by atoms with Crippen LogP contribution < -0.4 is 5.32 Å². The van der Waals surface area contributed by atoms with Crippen LogP contribution in [0.3, 0.4) is 0 Å². The number of carbonyl (C=O) groups is 2. The van der Waals surface area contributed by atoms with Gasteiger partial charge in [-0.05, 0) is 52.6 Å². The molecule has 0 aromatic heterocycles. The number of nitrogens with zero attached hydrogens (tertiary/aromatic N) is 1. The summed E-state index contributed by atoms with van der Waals surface area (Å²) >= 11 is 0. The number of aliphatic hydroxyl groups excluding tert-OH is 1. The van der Waals surface area contributed by atoms with Gasteiger partial charge in [-0.2, -0.15) is 0 Å². The highest BCUT2D eigenvalue weighted by atomic mass is 16.6. The number of nitrogens with one attached hydrogen (secondary N) is 1. The standard InChI is InChI=1S/C27H48N2O7/c1-10-24(5)15-19(32)27(33)25(6)18(31)11-12-23(3,4)21(25)20(34-16-28-13-14-29(8)9)22(35-17(2)30)26(27,7)36-24/h18,20-22,28,31,33H,10-16H2,1-9H3. The second kappa shape index (κ2) is 9.89. The minimum Gasteiger partial charge on any atom is -0.457 e. The van der Waals surface area contributed by atoms with Crippen molar-refractivity contribution in [1.29, 1.82) is 0 Å². The summed E-state index contributed by atoms with van der Waals surface area (Å²) in [5.74, 6) is -1.43. The van der Waals surface area contributed by atoms with Crippen molar-refractivity contribution in [2.75, 3.05) is 33.9 Å². The number of fused-ring (bicyclic) bond motifs is 3. The van der Waals surface area contributed by atoms with Crippen LogP contribution in [0.25, 0.3) is 0 Å². The molecule has 1 aliphatic heterocycles. The molecule has 9 heteroatoms. The normalized spacial score (nSPS) is 44.2. The average Bonchev–Trinajstić information content (AvgIpc) is 2.76. The molecule has 1 saturated heterocycles. The van der Waals surface area contributed by atoms with E-state index in [1.54, 1.807) is 13.8 Å². The first kappa shape index (κ1) is 29.5. The highest BCUT2D eigenvalue weighted by Crippen LogP contribution is 2.67. The molecule has 0 aromatic rings. The van der Waals surface area contributed by atoms with Crippen molar-refractivity contribution >= 4 is 11.8 Å². The molecule has 208 valence electrons. The van der Waals surface area contributed by atoms with Crippen molar-refractivity contribution in [1.82, 2.24) is 10.2 Å². The molecule has 0 radical (unpaired) electrons. The fraction of sp³-hybridized carbons (Fsp3) is 0.926. The molecule has 3 fully saturated rings. The molecule has 0 spiro atoms. The number of hydrogen-bond acceptors (Lipinski definition) is 9. The van der Waals surface area contributed by atoms with Gasteiger partial charge in [-0.15, -0.1) is 0 Å². The molecular formula is C27H48N2O7. The van der Waals surface area contributed by atoms with Gasteiger partial charge in [0.2, 0.25) is 0 Å². The molecule has 0 bridgehead atoms. The van der Waals surface area contributed by atoms with E-state index < -0.39 is 57.8 Å². The Bertz CT molecular complexity index is 850. The fourth-order valence-electron chi connectivity index (χ4n) is 7.46. The third kappa shape index (κ3) is 4.43. The molecule has 8 unspecified atom stereocenters. The number of carbonyl (C=O) groups excluding carboxylic acids is 2. The molecule has 9 nitrogen and oxygen atoms in total. The SMILES string of the molecule is CCC1(C)CC(=O)C2(O)C(C)(O1)C(OC(C)=O)C(OCNCCN(C)C)C1C(C)(C)CCC(O)C12C. The zero-order valence-corrected chi connectivity index (χ0v) is 23.6. The molecular weight excluding hydrogens is 464 g/mol. The van der Waals surface area contributed by atoms with E-state index in [0.717, 1.165) is 6.54 Å². The number of ketones is 1. The first-order valence-electron chi connectivity index (χ1n) is 13.3. The van der Waals surface area contributed by atoms with Gasteiger partial charge in [0.15, 0.2) is 17.5 Å². The Morgan fingerprint density at radius 2 is 1.86 bits per heavy atom. The van der Waals surface area contributed by atoms with Crippen LogP contribution in [0.2, 0.25) is 0 Å². The molecule has 3 N–H and O–H groups in total. The van der Waals surface area contributed by atoms with E-state index in [1.165, 1.54) is 6.92 Å². The summed E-state index contributed by atoms with van der Waals surface area (Å²) in [7, 11) is 3.98. The van der Waals surface area contributed by atoms with Crippen LogP contribution in [0.4, 0.5) is 0 Å². The largest absolute Gasteiger partial charge is 0.457 e. The van der Waals surface area contributed by atoms with Crippen molar-refractivity contribution in [2.45, 2.75) is 109 Å². The maximum Gasteiger partial charge on any atom is 0.303 e. The zero-order chi connectivity index (χ0) is 27.3. The number of likely N-dealkylation sites (N-methyl/N-ethyl adjacent to an activating group) is 1. The van der Waals surface area contributed by atoms with Crippen LogP contribution in [0.15, 0.2) is 0 Å². The molecule has 2 saturated carbocycles. The Kier molecular flexibility index (Phi) is 8.10. The Morgan fingerprint density at radius 1 is 1.22 bits per heavy atom.